The van der Waals surface area contributed by atoms with Crippen molar-refractivity contribution in [2.45, 2.75) is 38.4 Å². The van der Waals surface area contributed by atoms with Crippen LogP contribution in [0.4, 0.5) is 18.9 Å². The lowest BCUT2D eigenvalue weighted by Gasteiger charge is -2.38. The number of carbonyl (C=O) groups excluding carboxylic acids is 1. The highest BCUT2D eigenvalue weighted by Gasteiger charge is 2.49. The molecular formula is C20H25F3N4O3S. The van der Waals surface area contributed by atoms with E-state index in [2.05, 4.69) is 5.32 Å². The third-order valence-corrected chi connectivity index (χ3v) is 8.24. The Morgan fingerprint density at radius 2 is 1.97 bits per heavy atom. The molecule has 2 heterocycles. The summed E-state index contributed by atoms with van der Waals surface area (Å²) in [6.45, 7) is 2.58. The lowest BCUT2D eigenvalue weighted by atomic mass is 9.77. The van der Waals surface area contributed by atoms with E-state index in [1.54, 1.807) is 17.9 Å². The molecule has 1 atom stereocenters. The summed E-state index contributed by atoms with van der Waals surface area (Å²) in [5, 5.41) is 11.6. The first-order valence-corrected chi connectivity index (χ1v) is 11.6. The van der Waals surface area contributed by atoms with Crippen molar-refractivity contribution in [3.63, 3.8) is 0 Å². The summed E-state index contributed by atoms with van der Waals surface area (Å²) in [5.41, 5.74) is -1.66. The lowest BCUT2D eigenvalue weighted by Crippen LogP contribution is -2.44. The number of amides is 1. The first kappa shape index (κ1) is 23.3. The highest BCUT2D eigenvalue weighted by molar-refractivity contribution is 7.89. The van der Waals surface area contributed by atoms with Crippen LogP contribution < -0.4 is 10.2 Å². The molecule has 7 nitrogen and oxygen atoms in total. The maximum absolute atomic E-state index is 13.4. The van der Waals surface area contributed by atoms with Gasteiger partial charge in [0.05, 0.1) is 22.9 Å². The van der Waals surface area contributed by atoms with Crippen molar-refractivity contribution in [2.24, 2.45) is 5.41 Å². The van der Waals surface area contributed by atoms with Crippen LogP contribution >= 0.6 is 0 Å². The van der Waals surface area contributed by atoms with E-state index >= 15 is 0 Å². The van der Waals surface area contributed by atoms with Gasteiger partial charge in [0.2, 0.25) is 15.9 Å². The van der Waals surface area contributed by atoms with Gasteiger partial charge in [-0.3, -0.25) is 4.79 Å². The zero-order valence-corrected chi connectivity index (χ0v) is 18.2. The molecule has 0 saturated carbocycles. The summed E-state index contributed by atoms with van der Waals surface area (Å²) in [5.74, 6) is -0.295. The molecule has 2 saturated heterocycles. The van der Waals surface area contributed by atoms with Gasteiger partial charge in [-0.25, -0.2) is 12.7 Å². The second-order valence-electron chi connectivity index (χ2n) is 8.10. The standard InChI is InChI=1S/C20H25F3N4O3S/c1-3-31(29,30)26-8-6-19(7-9-26)11-17(18(28)25-2)27(13-19)15-5-4-14(12-24)16(10-15)20(21,22)23/h4-5,10,17H,3,6-9,11,13H2,1-2H3,(H,25,28). The number of nitrogens with zero attached hydrogens (tertiary/aromatic N) is 3. The highest BCUT2D eigenvalue weighted by Crippen LogP contribution is 2.46. The third kappa shape index (κ3) is 4.50. The van der Waals surface area contributed by atoms with Crippen LogP contribution in [0, 0.1) is 16.7 Å². The van der Waals surface area contributed by atoms with Crippen molar-refractivity contribution < 1.29 is 26.4 Å². The summed E-state index contributed by atoms with van der Waals surface area (Å²) in [4.78, 5) is 14.2. The van der Waals surface area contributed by atoms with Crippen molar-refractivity contribution in [2.75, 3.05) is 37.3 Å². The van der Waals surface area contributed by atoms with Gasteiger partial charge in [-0.2, -0.15) is 18.4 Å². The Balaban J connectivity index is 1.92. The summed E-state index contributed by atoms with van der Waals surface area (Å²) >= 11 is 0. The van der Waals surface area contributed by atoms with Crippen LogP contribution in [0.2, 0.25) is 0 Å². The Morgan fingerprint density at radius 1 is 1.32 bits per heavy atom. The fraction of sp³-hybridized carbons (Fsp3) is 0.600. The molecule has 2 aliphatic rings. The molecule has 0 aromatic heterocycles. The van der Waals surface area contributed by atoms with E-state index in [4.69, 9.17) is 5.26 Å². The van der Waals surface area contributed by atoms with Crippen molar-refractivity contribution >= 4 is 21.6 Å². The number of alkyl halides is 3. The van der Waals surface area contributed by atoms with E-state index < -0.39 is 33.4 Å². The smallest absolute Gasteiger partial charge is 0.359 e. The number of carbonyl (C=O) groups is 1. The minimum atomic E-state index is -4.69. The first-order chi connectivity index (χ1) is 14.5. The fourth-order valence-corrected chi connectivity index (χ4v) is 5.66. The number of rotatable bonds is 4. The van der Waals surface area contributed by atoms with Gasteiger partial charge in [0.15, 0.2) is 0 Å². The maximum atomic E-state index is 13.4. The van der Waals surface area contributed by atoms with E-state index in [1.807, 2.05) is 0 Å². The molecule has 11 heteroatoms. The molecule has 2 aliphatic heterocycles. The third-order valence-electron chi connectivity index (χ3n) is 6.36. The predicted molar refractivity (Wildman–Crippen MR) is 109 cm³/mol. The molecule has 31 heavy (non-hydrogen) atoms. The van der Waals surface area contributed by atoms with Crippen LogP contribution in [0.15, 0.2) is 18.2 Å². The normalized spacial score (nSPS) is 21.8. The van der Waals surface area contributed by atoms with Gasteiger partial charge in [-0.15, -0.1) is 0 Å². The van der Waals surface area contributed by atoms with E-state index in [1.165, 1.54) is 17.4 Å². The van der Waals surface area contributed by atoms with Crippen LogP contribution in [0.3, 0.4) is 0 Å². The van der Waals surface area contributed by atoms with E-state index in [0.717, 1.165) is 12.1 Å². The Kier molecular flexibility index (Phi) is 6.26. The average molecular weight is 459 g/mol. The van der Waals surface area contributed by atoms with Crippen LogP contribution in [0.25, 0.3) is 0 Å². The van der Waals surface area contributed by atoms with Crippen LogP contribution in [0.1, 0.15) is 37.3 Å². The number of piperidine rings is 1. The number of nitrogens with one attached hydrogen (secondary N) is 1. The first-order valence-electron chi connectivity index (χ1n) is 10.0. The largest absolute Gasteiger partial charge is 0.417 e. The second kappa shape index (κ2) is 8.31. The summed E-state index contributed by atoms with van der Waals surface area (Å²) < 4.78 is 66.1. The van der Waals surface area contributed by atoms with E-state index in [-0.39, 0.29) is 22.8 Å². The molecule has 1 aromatic rings. The predicted octanol–water partition coefficient (Wildman–Crippen LogP) is 2.33. The van der Waals surface area contributed by atoms with Gasteiger partial charge in [-0.1, -0.05) is 0 Å². The quantitative estimate of drug-likeness (QED) is 0.748. The molecule has 0 bridgehead atoms. The van der Waals surface area contributed by atoms with Gasteiger partial charge in [0.25, 0.3) is 0 Å². The molecule has 3 rings (SSSR count). The van der Waals surface area contributed by atoms with Gasteiger partial charge >= 0.3 is 6.18 Å². The molecule has 0 radical (unpaired) electrons. The summed E-state index contributed by atoms with van der Waals surface area (Å²) in [6, 6.07) is 4.37. The molecule has 1 N–H and O–H groups in total. The minimum absolute atomic E-state index is 0.0124. The number of nitriles is 1. The zero-order chi connectivity index (χ0) is 23.0. The molecule has 1 amide bonds. The number of sulfonamides is 1. The topological polar surface area (TPSA) is 93.5 Å². The van der Waals surface area contributed by atoms with Crippen LogP contribution in [-0.2, 0) is 21.0 Å². The lowest BCUT2D eigenvalue weighted by molar-refractivity contribution is -0.137. The van der Waals surface area contributed by atoms with Crippen molar-refractivity contribution in [3.05, 3.63) is 29.3 Å². The molecule has 2 fully saturated rings. The SMILES string of the molecule is CCS(=O)(=O)N1CCC2(CC1)CC(C(=O)NC)N(c1ccc(C#N)c(C(F)(F)F)c1)C2. The number of anilines is 1. The number of hydrogen-bond acceptors (Lipinski definition) is 5. The Hall–Kier alpha value is -2.32. The Bertz CT molecular complexity index is 996. The second-order valence-corrected chi connectivity index (χ2v) is 10.4. The van der Waals surface area contributed by atoms with E-state index in [0.29, 0.717) is 38.9 Å². The fourth-order valence-electron chi connectivity index (χ4n) is 4.55. The number of hydrogen-bond donors (Lipinski definition) is 1. The van der Waals surface area contributed by atoms with Gasteiger partial charge in [0, 0.05) is 32.4 Å². The molecule has 1 spiro atoms. The number of benzene rings is 1. The van der Waals surface area contributed by atoms with Crippen LogP contribution in [0.5, 0.6) is 0 Å². The summed E-state index contributed by atoms with van der Waals surface area (Å²) in [6.07, 6.45) is -3.22. The Labute approximate surface area is 179 Å². The summed E-state index contributed by atoms with van der Waals surface area (Å²) in [7, 11) is -1.84. The highest BCUT2D eigenvalue weighted by atomic mass is 32.2. The molecule has 1 aromatic carbocycles. The maximum Gasteiger partial charge on any atom is 0.417 e. The zero-order valence-electron chi connectivity index (χ0n) is 17.4. The molecular weight excluding hydrogens is 433 g/mol. The molecule has 170 valence electrons. The van der Waals surface area contributed by atoms with Gasteiger partial charge in [-0.05, 0) is 49.8 Å². The monoisotopic (exact) mass is 458 g/mol. The van der Waals surface area contributed by atoms with Gasteiger partial charge < -0.3 is 10.2 Å². The van der Waals surface area contributed by atoms with Gasteiger partial charge in [0.1, 0.15) is 6.04 Å². The minimum Gasteiger partial charge on any atom is -0.359 e. The average Bonchev–Trinajstić information content (AvgIpc) is 3.11. The van der Waals surface area contributed by atoms with Crippen molar-refractivity contribution in [3.8, 4) is 6.07 Å². The van der Waals surface area contributed by atoms with E-state index in [9.17, 15) is 26.4 Å². The molecule has 0 aliphatic carbocycles. The van der Waals surface area contributed by atoms with Crippen molar-refractivity contribution in [1.82, 2.24) is 9.62 Å². The Morgan fingerprint density at radius 3 is 2.48 bits per heavy atom. The number of likely N-dealkylation sites (N-methyl/N-ethyl adjacent to an activating group) is 1. The van der Waals surface area contributed by atoms with Crippen molar-refractivity contribution in [1.29, 1.82) is 5.26 Å². The number of halogens is 3. The molecule has 1 unspecified atom stereocenters. The van der Waals surface area contributed by atoms with Crippen LogP contribution in [-0.4, -0.2) is 57.1 Å².